The Morgan fingerprint density at radius 2 is 1.77 bits per heavy atom. The minimum absolute atomic E-state index is 0.0179. The fourth-order valence-electron chi connectivity index (χ4n) is 6.73. The Balaban J connectivity index is 1.21. The van der Waals surface area contributed by atoms with Gasteiger partial charge in [0.2, 0.25) is 0 Å². The summed E-state index contributed by atoms with van der Waals surface area (Å²) in [5.74, 6) is 1.45. The minimum Gasteiger partial charge on any atom is -0.497 e. The molecule has 0 bridgehead atoms. The second-order valence-electron chi connectivity index (χ2n) is 11.8. The zero-order valence-electron chi connectivity index (χ0n) is 25.9. The lowest BCUT2D eigenvalue weighted by Gasteiger charge is -2.46. The number of fused-ring (bicyclic) bond motifs is 1. The Morgan fingerprint density at radius 1 is 1.05 bits per heavy atom. The smallest absolute Gasteiger partial charge is 0.318 e. The number of aryl methyl sites for hydroxylation is 2. The number of hydrogen-bond acceptors (Lipinski definition) is 9. The van der Waals surface area contributed by atoms with Crippen LogP contribution in [0.15, 0.2) is 71.1 Å². The molecule has 2 aliphatic heterocycles. The highest BCUT2D eigenvalue weighted by Crippen LogP contribution is 2.41. The van der Waals surface area contributed by atoms with E-state index < -0.39 is 16.1 Å². The van der Waals surface area contributed by atoms with E-state index in [0.29, 0.717) is 33.9 Å². The summed E-state index contributed by atoms with van der Waals surface area (Å²) in [6.07, 6.45) is 4.22. The first kappa shape index (κ1) is 30.4. The van der Waals surface area contributed by atoms with Crippen LogP contribution < -0.4 is 18.7 Å². The van der Waals surface area contributed by atoms with Crippen molar-refractivity contribution in [2.24, 2.45) is 0 Å². The van der Waals surface area contributed by atoms with E-state index in [4.69, 9.17) is 14.5 Å². The van der Waals surface area contributed by atoms with Crippen molar-refractivity contribution in [1.29, 1.82) is 0 Å². The summed E-state index contributed by atoms with van der Waals surface area (Å²) in [5, 5.41) is 2.15. The highest BCUT2D eigenvalue weighted by molar-refractivity contribution is 7.93. The lowest BCUT2D eigenvalue weighted by atomic mass is 9.84. The first-order chi connectivity index (χ1) is 21.1. The Hall–Kier alpha value is -3.67. The minimum atomic E-state index is -3.91. The molecular formula is C33H39N5O4S2. The summed E-state index contributed by atoms with van der Waals surface area (Å²) in [6.45, 7) is 5.44. The Labute approximate surface area is 264 Å². The van der Waals surface area contributed by atoms with Crippen LogP contribution in [0.5, 0.6) is 11.8 Å². The van der Waals surface area contributed by atoms with Gasteiger partial charge in [-0.05, 0) is 99.6 Å². The molecule has 2 aromatic carbocycles. The molecule has 1 saturated heterocycles. The summed E-state index contributed by atoms with van der Waals surface area (Å²) < 4.78 is 41.7. The van der Waals surface area contributed by atoms with Gasteiger partial charge < -0.3 is 14.4 Å². The molecule has 232 valence electrons. The van der Waals surface area contributed by atoms with Gasteiger partial charge >= 0.3 is 6.01 Å². The molecule has 0 aliphatic carbocycles. The van der Waals surface area contributed by atoms with Gasteiger partial charge in [-0.2, -0.15) is 4.98 Å². The van der Waals surface area contributed by atoms with Crippen LogP contribution in [0.2, 0.25) is 0 Å². The number of benzene rings is 2. The Bertz CT molecular complexity index is 1710. The van der Waals surface area contributed by atoms with Crippen LogP contribution in [0, 0.1) is 13.8 Å². The quantitative estimate of drug-likeness (QED) is 0.242. The van der Waals surface area contributed by atoms with Crippen molar-refractivity contribution in [1.82, 2.24) is 14.9 Å². The maximum atomic E-state index is 14.3. The Kier molecular flexibility index (Phi) is 8.29. The van der Waals surface area contributed by atoms with Crippen molar-refractivity contribution < 1.29 is 17.9 Å². The number of aromatic nitrogens is 2. The SMILES string of the molecule is COc1cc(C)c(S(=O)(=O)N2c3ccccc3C[C@H]2COc2nccc(N3CCC(c4cccs4)(N(C)C)CC3)n2)c(C)c1. The zero-order valence-corrected chi connectivity index (χ0v) is 27.5. The number of thiophene rings is 1. The van der Waals surface area contributed by atoms with Gasteiger partial charge in [0.15, 0.2) is 0 Å². The van der Waals surface area contributed by atoms with Gasteiger partial charge in [0, 0.05) is 24.2 Å². The van der Waals surface area contributed by atoms with E-state index in [0.717, 1.165) is 37.3 Å². The van der Waals surface area contributed by atoms with E-state index >= 15 is 0 Å². The molecule has 0 saturated carbocycles. The molecule has 0 N–H and O–H groups in total. The highest BCUT2D eigenvalue weighted by Gasteiger charge is 2.41. The molecule has 44 heavy (non-hydrogen) atoms. The number of methoxy groups -OCH3 is 1. The Morgan fingerprint density at radius 3 is 2.43 bits per heavy atom. The van der Waals surface area contributed by atoms with Gasteiger partial charge in [-0.1, -0.05) is 24.3 Å². The first-order valence-electron chi connectivity index (χ1n) is 14.8. The summed E-state index contributed by atoms with van der Waals surface area (Å²) in [6, 6.07) is 17.2. The van der Waals surface area contributed by atoms with E-state index in [1.165, 1.54) is 9.18 Å². The van der Waals surface area contributed by atoms with E-state index in [1.54, 1.807) is 39.3 Å². The van der Waals surface area contributed by atoms with Gasteiger partial charge in [0.1, 0.15) is 18.2 Å². The second kappa shape index (κ2) is 12.0. The molecule has 4 heterocycles. The van der Waals surface area contributed by atoms with E-state index in [2.05, 4.69) is 46.4 Å². The predicted octanol–water partition coefficient (Wildman–Crippen LogP) is 5.42. The van der Waals surface area contributed by atoms with Crippen molar-refractivity contribution >= 4 is 32.9 Å². The van der Waals surface area contributed by atoms with Crippen molar-refractivity contribution in [3.63, 3.8) is 0 Å². The van der Waals surface area contributed by atoms with Crippen molar-refractivity contribution in [2.75, 3.05) is 50.1 Å². The summed E-state index contributed by atoms with van der Waals surface area (Å²) in [4.78, 5) is 15.5. The summed E-state index contributed by atoms with van der Waals surface area (Å²) in [7, 11) is 1.99. The molecule has 9 nitrogen and oxygen atoms in total. The lowest BCUT2D eigenvalue weighted by molar-refractivity contribution is 0.119. The number of sulfonamides is 1. The molecule has 0 spiro atoms. The lowest BCUT2D eigenvalue weighted by Crippen LogP contribution is -2.50. The molecule has 1 atom stereocenters. The molecule has 2 aliphatic rings. The predicted molar refractivity (Wildman–Crippen MR) is 175 cm³/mol. The average Bonchev–Trinajstić information content (AvgIpc) is 3.69. The topological polar surface area (TPSA) is 88.1 Å². The fraction of sp³-hybridized carbons (Fsp3) is 0.394. The first-order valence-corrected chi connectivity index (χ1v) is 17.2. The third kappa shape index (κ3) is 5.41. The molecular weight excluding hydrogens is 595 g/mol. The van der Waals surface area contributed by atoms with Gasteiger partial charge in [-0.3, -0.25) is 9.21 Å². The summed E-state index contributed by atoms with van der Waals surface area (Å²) >= 11 is 1.82. The monoisotopic (exact) mass is 633 g/mol. The van der Waals surface area contributed by atoms with Gasteiger partial charge in [-0.25, -0.2) is 13.4 Å². The standard InChI is InChI=1S/C33H39N5O4S2/c1-23-19-27(41-5)20-24(2)31(23)44(39,40)38-26(21-25-9-6-7-10-28(25)38)22-42-32-34-15-12-30(35-32)37-16-13-33(14-17-37,36(3)4)29-11-8-18-43-29/h6-12,15,18-20,26H,13-14,16-17,21-22H2,1-5H3/t26-/m0/s1. The fourth-order valence-corrected chi connectivity index (χ4v) is 9.89. The highest BCUT2D eigenvalue weighted by atomic mass is 32.2. The molecule has 11 heteroatoms. The van der Waals surface area contributed by atoms with E-state index in [9.17, 15) is 8.42 Å². The molecule has 6 rings (SSSR count). The molecule has 0 radical (unpaired) electrons. The number of hydrogen-bond donors (Lipinski definition) is 0. The zero-order chi connectivity index (χ0) is 31.1. The average molecular weight is 634 g/mol. The van der Waals surface area contributed by atoms with Gasteiger partial charge in [0.25, 0.3) is 10.0 Å². The van der Waals surface area contributed by atoms with Crippen LogP contribution in [0.1, 0.15) is 34.4 Å². The van der Waals surface area contributed by atoms with Crippen LogP contribution in [0.3, 0.4) is 0 Å². The number of rotatable bonds is 9. The van der Waals surface area contributed by atoms with Crippen LogP contribution in [-0.4, -0.2) is 70.2 Å². The number of anilines is 2. The summed E-state index contributed by atoms with van der Waals surface area (Å²) in [5.41, 5.74) is 2.94. The molecule has 4 aromatic rings. The van der Waals surface area contributed by atoms with Crippen LogP contribution in [-0.2, 0) is 22.0 Å². The molecule has 0 amide bonds. The van der Waals surface area contributed by atoms with Gasteiger partial charge in [-0.15, -0.1) is 11.3 Å². The number of ether oxygens (including phenoxy) is 2. The van der Waals surface area contributed by atoms with Crippen molar-refractivity contribution in [3.8, 4) is 11.8 Å². The van der Waals surface area contributed by atoms with Gasteiger partial charge in [0.05, 0.1) is 29.3 Å². The van der Waals surface area contributed by atoms with Crippen LogP contribution in [0.25, 0.3) is 0 Å². The number of piperidine rings is 1. The number of para-hydroxylation sites is 1. The van der Waals surface area contributed by atoms with Crippen molar-refractivity contribution in [3.05, 3.63) is 87.7 Å². The van der Waals surface area contributed by atoms with E-state index in [-0.39, 0.29) is 18.2 Å². The maximum Gasteiger partial charge on any atom is 0.318 e. The van der Waals surface area contributed by atoms with Crippen LogP contribution >= 0.6 is 11.3 Å². The van der Waals surface area contributed by atoms with Crippen LogP contribution in [0.4, 0.5) is 11.5 Å². The normalized spacial score (nSPS) is 18.0. The van der Waals surface area contributed by atoms with Crippen molar-refractivity contribution in [2.45, 2.75) is 49.6 Å². The number of nitrogens with zero attached hydrogens (tertiary/aromatic N) is 5. The molecule has 2 aromatic heterocycles. The van der Waals surface area contributed by atoms with E-state index in [1.807, 2.05) is 41.7 Å². The second-order valence-corrected chi connectivity index (χ2v) is 14.5. The third-order valence-corrected chi connectivity index (χ3v) is 12.2. The largest absolute Gasteiger partial charge is 0.497 e. The molecule has 0 unspecified atom stereocenters. The third-order valence-electron chi connectivity index (χ3n) is 8.98. The maximum absolute atomic E-state index is 14.3. The molecule has 1 fully saturated rings.